The second-order valence-corrected chi connectivity index (χ2v) is 0.115. The summed E-state index contributed by atoms with van der Waals surface area (Å²) in [4.78, 5) is 0. The van der Waals surface area contributed by atoms with Gasteiger partial charge < -0.3 is 10.0 Å². The summed E-state index contributed by atoms with van der Waals surface area (Å²) in [6.07, 6.45) is 0. The minimum absolute atomic E-state index is 0. The minimum atomic E-state index is 0. The molecule has 0 aliphatic rings. The Bertz CT molecular complexity index is 6.00. The zero-order valence-electron chi connectivity index (χ0n) is 2.05. The Labute approximate surface area is 50.4 Å². The molecule has 0 aromatic carbocycles. The van der Waals surface area contributed by atoms with Crippen molar-refractivity contribution in [3.8, 4) is 0 Å². The molecule has 0 amide bonds. The molecule has 2 nitrogen and oxygen atoms in total. The topological polar surface area (TPSA) is 40.5 Å². The van der Waals surface area contributed by atoms with Crippen molar-refractivity contribution in [1.29, 1.82) is 0 Å². The van der Waals surface area contributed by atoms with E-state index in [1.165, 1.54) is 0 Å². The standard InChI is InChI=1S/BH2O2.Y/c2-1-3;/h2-3H;. The normalized spacial score (nSPS) is 3.50. The van der Waals surface area contributed by atoms with Crippen LogP contribution in [-0.4, -0.2) is 17.7 Å². The van der Waals surface area contributed by atoms with Gasteiger partial charge in [-0.3, -0.25) is 0 Å². The molecule has 4 heavy (non-hydrogen) atoms. The van der Waals surface area contributed by atoms with Gasteiger partial charge in [-0.25, -0.2) is 0 Å². The van der Waals surface area contributed by atoms with Crippen LogP contribution < -0.4 is 0 Å². The molecule has 4 heteroatoms. The fraction of sp³-hybridized carbons (Fsp3) is 0. The zero-order chi connectivity index (χ0) is 2.71. The van der Waals surface area contributed by atoms with E-state index >= 15 is 0 Å². The van der Waals surface area contributed by atoms with Crippen LogP contribution in [0.4, 0.5) is 0 Å². The molecule has 0 saturated carbocycles. The average molecular weight is 134 g/mol. The van der Waals surface area contributed by atoms with E-state index in [2.05, 4.69) is 0 Å². The summed E-state index contributed by atoms with van der Waals surface area (Å²) >= 11 is 0. The predicted molar refractivity (Wildman–Crippen MR) is 10.2 cm³/mol. The molecule has 20 valence electrons. The molecule has 0 saturated heterocycles. The SMILES string of the molecule is O[B]O.[Y]. The average Bonchev–Trinajstić information content (AvgIpc) is 0.918. The van der Waals surface area contributed by atoms with E-state index < -0.39 is 0 Å². The molecule has 0 bridgehead atoms. The van der Waals surface area contributed by atoms with E-state index in [9.17, 15) is 0 Å². The molecule has 0 rings (SSSR count). The van der Waals surface area contributed by atoms with Gasteiger partial charge in [0.15, 0.2) is 0 Å². The third-order valence-corrected chi connectivity index (χ3v) is 0. The van der Waals surface area contributed by atoms with Crippen molar-refractivity contribution in [2.24, 2.45) is 0 Å². The van der Waals surface area contributed by atoms with Gasteiger partial charge in [-0.1, -0.05) is 0 Å². The van der Waals surface area contributed by atoms with Crippen molar-refractivity contribution in [1.82, 2.24) is 0 Å². The maximum Gasteiger partial charge on any atom is 0.482 e. The molecule has 0 aliphatic heterocycles. The van der Waals surface area contributed by atoms with E-state index in [0.29, 0.717) is 0 Å². The molecule has 0 aliphatic carbocycles. The van der Waals surface area contributed by atoms with E-state index in [1.54, 1.807) is 0 Å². The van der Waals surface area contributed by atoms with E-state index in [4.69, 9.17) is 10.0 Å². The Kier molecular flexibility index (Phi) is 19.9. The second-order valence-electron chi connectivity index (χ2n) is 0.115. The summed E-state index contributed by atoms with van der Waals surface area (Å²) in [5.74, 6) is 0. The van der Waals surface area contributed by atoms with E-state index in [-0.39, 0.29) is 40.4 Å². The molecular weight excluding hydrogens is 132 g/mol. The van der Waals surface area contributed by atoms with Crippen LogP contribution >= 0.6 is 0 Å². The fourth-order valence-corrected chi connectivity index (χ4v) is 0. The van der Waals surface area contributed by atoms with Gasteiger partial charge in [0.25, 0.3) is 0 Å². The molecular formula is H2BO2Y. The van der Waals surface area contributed by atoms with Crippen LogP contribution in [-0.2, 0) is 32.7 Å². The van der Waals surface area contributed by atoms with E-state index in [1.807, 2.05) is 0 Å². The van der Waals surface area contributed by atoms with Crippen molar-refractivity contribution in [2.75, 3.05) is 0 Å². The van der Waals surface area contributed by atoms with Crippen LogP contribution in [0.15, 0.2) is 0 Å². The Morgan fingerprint density at radius 2 is 1.25 bits per heavy atom. The first-order valence-corrected chi connectivity index (χ1v) is 0.516. The summed E-state index contributed by atoms with van der Waals surface area (Å²) in [7, 11) is 0. The molecule has 0 aromatic heterocycles. The molecule has 0 spiro atoms. The summed E-state index contributed by atoms with van der Waals surface area (Å²) in [6, 6.07) is 0. The number of hydrogen-bond acceptors (Lipinski definition) is 2. The maximum absolute atomic E-state index is 7.00. The number of hydrogen-bond donors (Lipinski definition) is 2. The zero-order valence-corrected chi connectivity index (χ0v) is 4.89. The third-order valence-electron chi connectivity index (χ3n) is 0. The van der Waals surface area contributed by atoms with Crippen LogP contribution in [0.1, 0.15) is 0 Å². The van der Waals surface area contributed by atoms with Gasteiger partial charge in [0, 0.05) is 32.7 Å². The molecule has 2 N–H and O–H groups in total. The monoisotopic (exact) mass is 134 g/mol. The first kappa shape index (κ1) is 8.92. The van der Waals surface area contributed by atoms with Crippen LogP contribution in [0.2, 0.25) is 0 Å². The Hall–Kier alpha value is 1.09. The smallest absolute Gasteiger partial charge is 0.429 e. The quantitative estimate of drug-likeness (QED) is 0.395. The van der Waals surface area contributed by atoms with Gasteiger partial charge in [0.2, 0.25) is 0 Å². The van der Waals surface area contributed by atoms with Crippen molar-refractivity contribution >= 4 is 7.69 Å². The van der Waals surface area contributed by atoms with Crippen LogP contribution in [0.5, 0.6) is 0 Å². The van der Waals surface area contributed by atoms with Gasteiger partial charge in [0.1, 0.15) is 0 Å². The molecule has 2 radical (unpaired) electrons. The first-order valence-electron chi connectivity index (χ1n) is 0.516. The molecule has 0 unspecified atom stereocenters. The van der Waals surface area contributed by atoms with Crippen LogP contribution in [0.25, 0.3) is 0 Å². The second kappa shape index (κ2) is 8.94. The minimum Gasteiger partial charge on any atom is -0.429 e. The fourth-order valence-electron chi connectivity index (χ4n) is 0. The summed E-state index contributed by atoms with van der Waals surface area (Å²) in [5.41, 5.74) is 0. The Morgan fingerprint density at radius 1 is 1.25 bits per heavy atom. The summed E-state index contributed by atoms with van der Waals surface area (Å²) < 4.78 is 0. The van der Waals surface area contributed by atoms with Gasteiger partial charge in [-0.15, -0.1) is 0 Å². The van der Waals surface area contributed by atoms with Crippen molar-refractivity contribution in [2.45, 2.75) is 0 Å². The van der Waals surface area contributed by atoms with Crippen molar-refractivity contribution in [3.63, 3.8) is 0 Å². The van der Waals surface area contributed by atoms with Gasteiger partial charge in [-0.2, -0.15) is 0 Å². The largest absolute Gasteiger partial charge is 0.482 e. The predicted octanol–water partition coefficient (Wildman–Crippen LogP) is -1.50. The number of rotatable bonds is 0. The third kappa shape index (κ3) is 11.4. The van der Waals surface area contributed by atoms with Crippen molar-refractivity contribution < 1.29 is 42.8 Å². The summed E-state index contributed by atoms with van der Waals surface area (Å²) in [5, 5.41) is 14.0. The molecule has 0 atom stereocenters. The van der Waals surface area contributed by atoms with Crippen LogP contribution in [0.3, 0.4) is 0 Å². The van der Waals surface area contributed by atoms with Crippen LogP contribution in [0, 0.1) is 0 Å². The Morgan fingerprint density at radius 3 is 1.25 bits per heavy atom. The van der Waals surface area contributed by atoms with Gasteiger partial charge in [0.05, 0.1) is 0 Å². The molecule has 0 heterocycles. The Balaban J connectivity index is 0. The maximum atomic E-state index is 7.00. The molecule has 0 fully saturated rings. The van der Waals surface area contributed by atoms with Crippen molar-refractivity contribution in [3.05, 3.63) is 0 Å². The first-order chi connectivity index (χ1) is 1.41. The van der Waals surface area contributed by atoms with Gasteiger partial charge in [-0.05, 0) is 0 Å². The summed E-state index contributed by atoms with van der Waals surface area (Å²) in [6.45, 7) is 0. The van der Waals surface area contributed by atoms with Gasteiger partial charge >= 0.3 is 7.69 Å². The molecule has 0 aromatic rings. The van der Waals surface area contributed by atoms with E-state index in [0.717, 1.165) is 0 Å².